The second-order valence-corrected chi connectivity index (χ2v) is 7.02. The van der Waals surface area contributed by atoms with Crippen LogP contribution in [0.5, 0.6) is 0 Å². The molecule has 21 heavy (non-hydrogen) atoms. The van der Waals surface area contributed by atoms with Crippen molar-refractivity contribution in [3.05, 3.63) is 0 Å². The van der Waals surface area contributed by atoms with Crippen LogP contribution in [0.15, 0.2) is 0 Å². The number of carbonyl (C=O) groups excluding carboxylic acids is 1. The standard InChI is InChI=1S/C17H33N3O/c1-4-13(2)14(3)20-10-6-7-15(12-20)11-19-17(21)16-8-5-9-18-16/h13-16,18H,4-12H2,1-3H3,(H,19,21). The van der Waals surface area contributed by atoms with Gasteiger partial charge in [-0.25, -0.2) is 0 Å². The summed E-state index contributed by atoms with van der Waals surface area (Å²) in [7, 11) is 0. The Morgan fingerprint density at radius 2 is 2.14 bits per heavy atom. The number of carbonyl (C=O) groups is 1. The summed E-state index contributed by atoms with van der Waals surface area (Å²) in [6, 6.07) is 0.716. The van der Waals surface area contributed by atoms with Crippen LogP contribution in [0.25, 0.3) is 0 Å². The monoisotopic (exact) mass is 295 g/mol. The highest BCUT2D eigenvalue weighted by Gasteiger charge is 2.27. The highest BCUT2D eigenvalue weighted by molar-refractivity contribution is 5.81. The highest BCUT2D eigenvalue weighted by Crippen LogP contribution is 2.22. The van der Waals surface area contributed by atoms with Crippen LogP contribution >= 0.6 is 0 Å². The summed E-state index contributed by atoms with van der Waals surface area (Å²) in [6.07, 6.45) is 5.88. The molecule has 1 amide bonds. The Morgan fingerprint density at radius 1 is 1.33 bits per heavy atom. The van der Waals surface area contributed by atoms with Crippen molar-refractivity contribution in [1.82, 2.24) is 15.5 Å². The van der Waals surface area contributed by atoms with Gasteiger partial charge in [-0.05, 0) is 57.5 Å². The second kappa shape index (κ2) is 8.14. The smallest absolute Gasteiger partial charge is 0.237 e. The van der Waals surface area contributed by atoms with Crippen LogP contribution in [0.1, 0.15) is 52.9 Å². The minimum absolute atomic E-state index is 0.0590. The maximum absolute atomic E-state index is 12.1. The van der Waals surface area contributed by atoms with Gasteiger partial charge in [0.2, 0.25) is 5.91 Å². The van der Waals surface area contributed by atoms with Crippen molar-refractivity contribution in [2.75, 3.05) is 26.2 Å². The lowest BCUT2D eigenvalue weighted by Gasteiger charge is -2.39. The van der Waals surface area contributed by atoms with E-state index in [-0.39, 0.29) is 11.9 Å². The predicted molar refractivity (Wildman–Crippen MR) is 87.2 cm³/mol. The number of hydrogen-bond acceptors (Lipinski definition) is 3. The molecule has 2 aliphatic rings. The van der Waals surface area contributed by atoms with Crippen LogP contribution in [0, 0.1) is 11.8 Å². The Hall–Kier alpha value is -0.610. The molecule has 0 bridgehead atoms. The first-order valence-corrected chi connectivity index (χ1v) is 8.87. The summed E-state index contributed by atoms with van der Waals surface area (Å²) in [4.78, 5) is 14.7. The number of likely N-dealkylation sites (tertiary alicyclic amines) is 1. The van der Waals surface area contributed by atoms with E-state index in [0.29, 0.717) is 12.0 Å². The van der Waals surface area contributed by atoms with Gasteiger partial charge in [0.1, 0.15) is 0 Å². The summed E-state index contributed by atoms with van der Waals surface area (Å²) in [6.45, 7) is 11.2. The van der Waals surface area contributed by atoms with Gasteiger partial charge in [-0.1, -0.05) is 20.3 Å². The van der Waals surface area contributed by atoms with E-state index in [1.165, 1.54) is 25.8 Å². The highest BCUT2D eigenvalue weighted by atomic mass is 16.2. The lowest BCUT2D eigenvalue weighted by Crippen LogP contribution is -2.48. The molecule has 4 atom stereocenters. The normalized spacial score (nSPS) is 30.0. The van der Waals surface area contributed by atoms with Crippen molar-refractivity contribution in [2.24, 2.45) is 11.8 Å². The summed E-state index contributed by atoms with van der Waals surface area (Å²) >= 11 is 0. The molecule has 4 unspecified atom stereocenters. The maximum atomic E-state index is 12.1. The fourth-order valence-corrected chi connectivity index (χ4v) is 3.61. The van der Waals surface area contributed by atoms with Crippen molar-refractivity contribution in [1.29, 1.82) is 0 Å². The second-order valence-electron chi connectivity index (χ2n) is 7.02. The number of nitrogens with one attached hydrogen (secondary N) is 2. The largest absolute Gasteiger partial charge is 0.354 e. The van der Waals surface area contributed by atoms with Crippen LogP contribution in [0.4, 0.5) is 0 Å². The molecule has 4 nitrogen and oxygen atoms in total. The molecule has 0 saturated carbocycles. The maximum Gasteiger partial charge on any atom is 0.237 e. The van der Waals surface area contributed by atoms with Crippen molar-refractivity contribution in [3.8, 4) is 0 Å². The first kappa shape index (κ1) is 16.8. The zero-order valence-corrected chi connectivity index (χ0v) is 14.0. The van der Waals surface area contributed by atoms with Gasteiger partial charge in [-0.2, -0.15) is 0 Å². The molecule has 2 heterocycles. The molecule has 0 aromatic carbocycles. The lowest BCUT2D eigenvalue weighted by atomic mass is 9.92. The number of piperidine rings is 1. The Morgan fingerprint density at radius 3 is 2.81 bits per heavy atom. The molecule has 0 aromatic heterocycles. The van der Waals surface area contributed by atoms with Crippen molar-refractivity contribution < 1.29 is 4.79 Å². The molecule has 0 aliphatic carbocycles. The van der Waals surface area contributed by atoms with Gasteiger partial charge < -0.3 is 15.5 Å². The fourth-order valence-electron chi connectivity index (χ4n) is 3.61. The van der Waals surface area contributed by atoms with Crippen molar-refractivity contribution in [3.63, 3.8) is 0 Å². The molecular weight excluding hydrogens is 262 g/mol. The van der Waals surface area contributed by atoms with Crippen LogP contribution in [-0.2, 0) is 4.79 Å². The lowest BCUT2D eigenvalue weighted by molar-refractivity contribution is -0.123. The van der Waals surface area contributed by atoms with Gasteiger partial charge in [0, 0.05) is 19.1 Å². The Bertz CT molecular complexity index is 328. The van der Waals surface area contributed by atoms with E-state index in [1.54, 1.807) is 0 Å². The summed E-state index contributed by atoms with van der Waals surface area (Å²) in [5, 5.41) is 6.44. The van der Waals surface area contributed by atoms with Crippen LogP contribution < -0.4 is 10.6 Å². The summed E-state index contributed by atoms with van der Waals surface area (Å²) in [5.41, 5.74) is 0. The third-order valence-electron chi connectivity index (χ3n) is 5.54. The van der Waals surface area contributed by atoms with E-state index < -0.39 is 0 Å². The molecule has 2 aliphatic heterocycles. The third-order valence-corrected chi connectivity index (χ3v) is 5.54. The predicted octanol–water partition coefficient (Wildman–Crippen LogP) is 2.00. The molecule has 122 valence electrons. The molecule has 0 radical (unpaired) electrons. The minimum Gasteiger partial charge on any atom is -0.354 e. The van der Waals surface area contributed by atoms with E-state index in [4.69, 9.17) is 0 Å². The molecule has 2 saturated heterocycles. The number of rotatable bonds is 6. The Labute approximate surface area is 130 Å². The van der Waals surface area contributed by atoms with E-state index in [1.807, 2.05) is 0 Å². The van der Waals surface area contributed by atoms with E-state index in [9.17, 15) is 4.79 Å². The topological polar surface area (TPSA) is 44.4 Å². The quantitative estimate of drug-likeness (QED) is 0.788. The molecule has 2 N–H and O–H groups in total. The summed E-state index contributed by atoms with van der Waals surface area (Å²) in [5.74, 6) is 1.58. The Balaban J connectivity index is 1.74. The van der Waals surface area contributed by atoms with Gasteiger partial charge >= 0.3 is 0 Å². The van der Waals surface area contributed by atoms with Crippen molar-refractivity contribution >= 4 is 5.91 Å². The van der Waals surface area contributed by atoms with Gasteiger partial charge in [0.15, 0.2) is 0 Å². The average Bonchev–Trinajstić information content (AvgIpc) is 3.05. The van der Waals surface area contributed by atoms with Crippen LogP contribution in [0.3, 0.4) is 0 Å². The molecule has 0 aromatic rings. The summed E-state index contributed by atoms with van der Waals surface area (Å²) < 4.78 is 0. The molecule has 0 spiro atoms. The molecule has 2 fully saturated rings. The number of amides is 1. The van der Waals surface area contributed by atoms with E-state index in [2.05, 4.69) is 36.3 Å². The van der Waals surface area contributed by atoms with Gasteiger partial charge in [-0.3, -0.25) is 4.79 Å². The van der Waals surface area contributed by atoms with E-state index >= 15 is 0 Å². The van der Waals surface area contributed by atoms with Crippen LogP contribution in [-0.4, -0.2) is 49.1 Å². The zero-order chi connectivity index (χ0) is 15.2. The zero-order valence-electron chi connectivity index (χ0n) is 14.0. The molecular formula is C17H33N3O. The fraction of sp³-hybridized carbons (Fsp3) is 0.941. The third kappa shape index (κ3) is 4.68. The Kier molecular flexibility index (Phi) is 6.49. The van der Waals surface area contributed by atoms with Crippen molar-refractivity contribution in [2.45, 2.75) is 65.0 Å². The number of hydrogen-bond donors (Lipinski definition) is 2. The molecule has 4 heteroatoms. The first-order valence-electron chi connectivity index (χ1n) is 8.87. The van der Waals surface area contributed by atoms with Gasteiger partial charge in [-0.15, -0.1) is 0 Å². The van der Waals surface area contributed by atoms with E-state index in [0.717, 1.165) is 38.4 Å². The van der Waals surface area contributed by atoms with Crippen LogP contribution in [0.2, 0.25) is 0 Å². The number of nitrogens with zero attached hydrogens (tertiary/aromatic N) is 1. The molecule has 2 rings (SSSR count). The van der Waals surface area contributed by atoms with Gasteiger partial charge in [0.25, 0.3) is 0 Å². The van der Waals surface area contributed by atoms with Gasteiger partial charge in [0.05, 0.1) is 6.04 Å². The SMILES string of the molecule is CCC(C)C(C)N1CCCC(CNC(=O)C2CCCN2)C1. The first-order chi connectivity index (χ1) is 10.1. The average molecular weight is 295 g/mol. The minimum atomic E-state index is 0.0590.